The summed E-state index contributed by atoms with van der Waals surface area (Å²) in [6.45, 7) is 4.03. The van der Waals surface area contributed by atoms with Gasteiger partial charge in [-0.1, -0.05) is 86.8 Å². The first-order chi connectivity index (χ1) is 30.3. The van der Waals surface area contributed by atoms with E-state index in [0.717, 1.165) is 24.0 Å². The van der Waals surface area contributed by atoms with Crippen molar-refractivity contribution in [2.45, 2.75) is 128 Å². The van der Waals surface area contributed by atoms with E-state index in [4.69, 9.17) is 20.9 Å². The number of hydrogen-bond acceptors (Lipinski definition) is 11. The van der Waals surface area contributed by atoms with E-state index >= 15 is 0 Å². The maximum absolute atomic E-state index is 14.4. The minimum absolute atomic E-state index is 0.0454. The van der Waals surface area contributed by atoms with Crippen LogP contribution in [0.4, 0.5) is 0 Å². The number of unbranched alkanes of at least 4 members (excludes halogenated alkanes) is 2. The van der Waals surface area contributed by atoms with Crippen LogP contribution in [0.5, 0.6) is 0 Å². The van der Waals surface area contributed by atoms with Gasteiger partial charge in [0.25, 0.3) is 5.96 Å². The number of nitrogens with two attached hydrogens (primary N) is 2. The number of hydrazone groups is 1. The molecular weight excluding hydrogens is 817 g/mol. The number of carbonyl (C=O) groups excluding carboxylic acids is 6. The molecule has 2 heterocycles. The Morgan fingerprint density at radius 1 is 0.841 bits per heavy atom. The fourth-order valence-corrected chi connectivity index (χ4v) is 7.62. The zero-order valence-corrected chi connectivity index (χ0v) is 36.1. The van der Waals surface area contributed by atoms with Crippen molar-refractivity contribution >= 4 is 41.5 Å². The van der Waals surface area contributed by atoms with Gasteiger partial charge in [-0.2, -0.15) is 0 Å². The van der Waals surface area contributed by atoms with Gasteiger partial charge in [0.05, 0.1) is 19.3 Å². The van der Waals surface area contributed by atoms with Crippen molar-refractivity contribution in [3.63, 3.8) is 0 Å². The van der Waals surface area contributed by atoms with Crippen molar-refractivity contribution < 1.29 is 43.3 Å². The Hall–Kier alpha value is -6.15. The van der Waals surface area contributed by atoms with Crippen molar-refractivity contribution in [2.75, 3.05) is 26.2 Å². The molecule has 0 radical (unpaired) electrons. The standard InChI is InChI=1S/C43H62N10O10/c1-3-4-7-19-32(47-39(56)37(49-36(54)26-44)29(2)62-27-30-15-8-5-9-16-30)40(57)52-25-14-22-35(52)41(58)51-24-13-21-34(51)38(55)48-33(20-12-23-46-43(45)50-53(60)61)42(59)63-28-31-17-10-6-11-18-31/h5-6,8-11,15-18,29,32-35,37H,3-4,7,12-14,19-28,44H2,1-2H3,(H,47,56)(H,48,55)(H,49,54)(H3,45,46,50). The third-order valence-corrected chi connectivity index (χ3v) is 11.0. The number of nitrogens with zero attached hydrogens (tertiary/aromatic N) is 4. The van der Waals surface area contributed by atoms with Crippen LogP contribution in [0.3, 0.4) is 0 Å². The van der Waals surface area contributed by atoms with Crippen molar-refractivity contribution in [1.82, 2.24) is 31.1 Å². The fourth-order valence-electron chi connectivity index (χ4n) is 7.62. The van der Waals surface area contributed by atoms with Gasteiger partial charge in [0.1, 0.15) is 41.9 Å². The van der Waals surface area contributed by atoms with Crippen molar-refractivity contribution in [3.05, 3.63) is 81.9 Å². The molecule has 0 bridgehead atoms. The topological polar surface area (TPSA) is 283 Å². The number of hydrogen-bond donors (Lipinski definition) is 6. The monoisotopic (exact) mass is 878 g/mol. The number of ether oxygens (including phenoxy) is 2. The molecule has 2 saturated heterocycles. The molecule has 5 amide bonds. The van der Waals surface area contributed by atoms with E-state index in [-0.39, 0.29) is 58.7 Å². The smallest absolute Gasteiger partial charge is 0.328 e. The molecular formula is C43H62N10O10. The van der Waals surface area contributed by atoms with Crippen molar-refractivity contribution in [3.8, 4) is 0 Å². The number of rotatable bonds is 24. The second kappa shape index (κ2) is 25.7. The third-order valence-electron chi connectivity index (χ3n) is 11.0. The first-order valence-corrected chi connectivity index (χ1v) is 21.6. The summed E-state index contributed by atoms with van der Waals surface area (Å²) in [6, 6.07) is 13.1. The van der Waals surface area contributed by atoms with E-state index in [2.05, 4.69) is 26.4 Å². The summed E-state index contributed by atoms with van der Waals surface area (Å²) in [4.78, 5) is 96.1. The molecule has 2 aliphatic heterocycles. The highest BCUT2D eigenvalue weighted by Gasteiger charge is 2.44. The SMILES string of the molecule is CCCCCC(NC(=O)C(NC(=O)CN)C(C)OCc1ccccc1)C(=O)N1CCCC1C(=O)N1CCCC1C(=O)NC(CCCN/C(N)=N/[N+](=O)[O-])C(=O)OCc1ccccc1. The van der Waals surface area contributed by atoms with Crippen molar-refractivity contribution in [2.24, 2.45) is 16.6 Å². The van der Waals surface area contributed by atoms with E-state index in [1.165, 1.54) is 9.80 Å². The predicted molar refractivity (Wildman–Crippen MR) is 231 cm³/mol. The number of guanidine groups is 1. The molecule has 0 aliphatic carbocycles. The Morgan fingerprint density at radius 3 is 2.10 bits per heavy atom. The van der Waals surface area contributed by atoms with E-state index in [1.54, 1.807) is 31.2 Å². The van der Waals surface area contributed by atoms with Crippen LogP contribution < -0.4 is 32.7 Å². The number of carbonyl (C=O) groups is 6. The molecule has 0 saturated carbocycles. The van der Waals surface area contributed by atoms with Gasteiger partial charge in [-0.05, 0) is 63.0 Å². The molecule has 4 rings (SSSR count). The summed E-state index contributed by atoms with van der Waals surface area (Å²) >= 11 is 0. The minimum Gasteiger partial charge on any atom is -0.459 e. The van der Waals surface area contributed by atoms with Crippen LogP contribution >= 0.6 is 0 Å². The van der Waals surface area contributed by atoms with Crippen LogP contribution in [0, 0.1) is 10.1 Å². The molecule has 2 aromatic rings. The summed E-state index contributed by atoms with van der Waals surface area (Å²) in [5, 5.41) is 23.5. The van der Waals surface area contributed by atoms with Crippen LogP contribution in [0.15, 0.2) is 65.8 Å². The molecule has 6 unspecified atom stereocenters. The van der Waals surface area contributed by atoms with Crippen LogP contribution in [0.1, 0.15) is 89.2 Å². The summed E-state index contributed by atoms with van der Waals surface area (Å²) in [5.74, 6) is -3.77. The number of esters is 1. The first-order valence-electron chi connectivity index (χ1n) is 21.6. The van der Waals surface area contributed by atoms with Gasteiger partial charge in [0.15, 0.2) is 5.03 Å². The molecule has 63 heavy (non-hydrogen) atoms. The Kier molecular flexibility index (Phi) is 20.2. The lowest BCUT2D eigenvalue weighted by Gasteiger charge is -2.34. The molecule has 2 aromatic carbocycles. The highest BCUT2D eigenvalue weighted by Crippen LogP contribution is 2.27. The highest BCUT2D eigenvalue weighted by atomic mass is 16.7. The van der Waals surface area contributed by atoms with E-state index < -0.39 is 82.8 Å². The van der Waals surface area contributed by atoms with E-state index in [0.29, 0.717) is 32.1 Å². The lowest BCUT2D eigenvalue weighted by Crippen LogP contribution is -2.60. The van der Waals surface area contributed by atoms with Crippen LogP contribution in [0.25, 0.3) is 0 Å². The average molecular weight is 879 g/mol. The predicted octanol–water partition coefficient (Wildman–Crippen LogP) is 1.19. The van der Waals surface area contributed by atoms with Gasteiger partial charge in [0, 0.05) is 19.6 Å². The Bertz CT molecular complexity index is 1870. The summed E-state index contributed by atoms with van der Waals surface area (Å²) in [7, 11) is 0. The summed E-state index contributed by atoms with van der Waals surface area (Å²) < 4.78 is 11.5. The molecule has 20 nitrogen and oxygen atoms in total. The van der Waals surface area contributed by atoms with Crippen LogP contribution in [-0.2, 0) is 51.5 Å². The quantitative estimate of drug-likeness (QED) is 0.0216. The zero-order valence-electron chi connectivity index (χ0n) is 36.1. The molecule has 2 fully saturated rings. The van der Waals surface area contributed by atoms with Gasteiger partial charge in [-0.3, -0.25) is 24.0 Å². The van der Waals surface area contributed by atoms with Gasteiger partial charge in [-0.15, -0.1) is 0 Å². The lowest BCUT2D eigenvalue weighted by molar-refractivity contribution is -0.485. The first kappa shape index (κ1) is 49.5. The minimum atomic E-state index is -1.18. The number of likely N-dealkylation sites (tertiary alicyclic amines) is 2. The zero-order chi connectivity index (χ0) is 45.7. The molecule has 6 atom stereocenters. The second-order valence-electron chi connectivity index (χ2n) is 15.6. The number of nitrogens with one attached hydrogen (secondary N) is 4. The number of amides is 5. The van der Waals surface area contributed by atoms with Crippen LogP contribution in [-0.4, -0.2) is 119 Å². The average Bonchev–Trinajstić information content (AvgIpc) is 3.99. The third kappa shape index (κ3) is 15.6. The van der Waals surface area contributed by atoms with E-state index in [1.807, 2.05) is 43.3 Å². The van der Waals surface area contributed by atoms with Crippen LogP contribution in [0.2, 0.25) is 0 Å². The van der Waals surface area contributed by atoms with Crippen molar-refractivity contribution in [1.29, 1.82) is 0 Å². The van der Waals surface area contributed by atoms with Gasteiger partial charge in [-0.25, -0.2) is 14.9 Å². The molecule has 0 spiro atoms. The molecule has 344 valence electrons. The summed E-state index contributed by atoms with van der Waals surface area (Å²) in [6.07, 6.45) is 3.72. The van der Waals surface area contributed by atoms with E-state index in [9.17, 15) is 38.9 Å². The molecule has 0 aromatic heterocycles. The largest absolute Gasteiger partial charge is 0.459 e. The second-order valence-corrected chi connectivity index (χ2v) is 15.6. The van der Waals surface area contributed by atoms with Gasteiger partial charge < -0.3 is 52.0 Å². The summed E-state index contributed by atoms with van der Waals surface area (Å²) in [5.41, 5.74) is 12.7. The Labute approximate surface area is 367 Å². The maximum atomic E-state index is 14.4. The Morgan fingerprint density at radius 2 is 1.46 bits per heavy atom. The Balaban J connectivity index is 1.46. The fraction of sp³-hybridized carbons (Fsp3) is 0.558. The molecule has 2 aliphatic rings. The highest BCUT2D eigenvalue weighted by molar-refractivity contribution is 5.97. The van der Waals surface area contributed by atoms with Gasteiger partial charge in [0.2, 0.25) is 29.5 Å². The maximum Gasteiger partial charge on any atom is 0.328 e. The number of nitro groups is 1. The normalized spacial score (nSPS) is 18.1. The lowest BCUT2D eigenvalue weighted by atomic mass is 10.0. The molecule has 20 heteroatoms. The van der Waals surface area contributed by atoms with Gasteiger partial charge >= 0.3 is 5.97 Å². The number of benzene rings is 2. The molecule has 8 N–H and O–H groups in total.